The van der Waals surface area contributed by atoms with Crippen LogP contribution in [0.1, 0.15) is 44.4 Å². The van der Waals surface area contributed by atoms with E-state index in [1.54, 1.807) is 7.11 Å². The number of hydrogen-bond acceptors (Lipinski definition) is 6. The zero-order valence-corrected chi connectivity index (χ0v) is 14.9. The normalized spacial score (nSPS) is 33.8. The van der Waals surface area contributed by atoms with E-state index in [2.05, 4.69) is 15.5 Å². The lowest BCUT2D eigenvalue weighted by Gasteiger charge is -2.55. The molecule has 4 aliphatic rings. The molecule has 4 aliphatic carbocycles. The Labute approximate surface area is 146 Å². The van der Waals surface area contributed by atoms with Crippen LogP contribution >= 0.6 is 11.8 Å². The monoisotopic (exact) mass is 351 g/mol. The average molecular weight is 351 g/mol. The molecule has 7 heteroatoms. The van der Waals surface area contributed by atoms with Crippen molar-refractivity contribution in [2.45, 2.75) is 49.2 Å². The standard InChI is InChI=1S/C17H25N3O3S/c1-22-3-2-18-14(21)10-24-16-20-19-15(23-16)17-7-11-4-12(8-17)6-13(5-11)9-17/h11-13H,2-10H2,1H3,(H,18,21). The lowest BCUT2D eigenvalue weighted by Crippen LogP contribution is -2.48. The summed E-state index contributed by atoms with van der Waals surface area (Å²) in [6, 6.07) is 0. The first-order valence-corrected chi connectivity index (χ1v) is 9.88. The van der Waals surface area contributed by atoms with Gasteiger partial charge < -0.3 is 14.5 Å². The third kappa shape index (κ3) is 3.20. The minimum absolute atomic E-state index is 0.0356. The van der Waals surface area contributed by atoms with Crippen molar-refractivity contribution in [3.63, 3.8) is 0 Å². The van der Waals surface area contributed by atoms with Crippen LogP contribution in [0, 0.1) is 17.8 Å². The summed E-state index contributed by atoms with van der Waals surface area (Å²) in [4.78, 5) is 11.7. The second-order valence-electron chi connectivity index (χ2n) is 7.70. The van der Waals surface area contributed by atoms with Crippen LogP contribution in [0.3, 0.4) is 0 Å². The highest BCUT2D eigenvalue weighted by molar-refractivity contribution is 7.99. The van der Waals surface area contributed by atoms with Gasteiger partial charge in [0.2, 0.25) is 11.8 Å². The molecule has 0 unspecified atom stereocenters. The SMILES string of the molecule is COCCNC(=O)CSc1nnc(C23CC4CC(CC(C4)C2)C3)o1. The van der Waals surface area contributed by atoms with Crippen LogP contribution in [0.4, 0.5) is 0 Å². The molecular weight excluding hydrogens is 326 g/mol. The van der Waals surface area contributed by atoms with E-state index < -0.39 is 0 Å². The number of carbonyl (C=O) groups excluding carboxylic acids is 1. The van der Waals surface area contributed by atoms with Crippen molar-refractivity contribution in [1.29, 1.82) is 0 Å². The molecule has 1 heterocycles. The number of carbonyl (C=O) groups is 1. The Morgan fingerprint density at radius 3 is 2.54 bits per heavy atom. The molecule has 0 aromatic carbocycles. The number of nitrogens with one attached hydrogen (secondary N) is 1. The van der Waals surface area contributed by atoms with Crippen LogP contribution in [0.2, 0.25) is 0 Å². The van der Waals surface area contributed by atoms with Crippen molar-refractivity contribution in [3.05, 3.63) is 5.89 Å². The largest absolute Gasteiger partial charge is 0.415 e. The van der Waals surface area contributed by atoms with Gasteiger partial charge in [-0.15, -0.1) is 10.2 Å². The first-order valence-electron chi connectivity index (χ1n) is 8.89. The summed E-state index contributed by atoms with van der Waals surface area (Å²) >= 11 is 1.32. The van der Waals surface area contributed by atoms with Gasteiger partial charge in [-0.2, -0.15) is 0 Å². The van der Waals surface area contributed by atoms with E-state index in [9.17, 15) is 4.79 Å². The molecule has 1 N–H and O–H groups in total. The molecule has 0 saturated heterocycles. The van der Waals surface area contributed by atoms with Crippen LogP contribution in [0.25, 0.3) is 0 Å². The average Bonchev–Trinajstić information content (AvgIpc) is 3.02. The molecule has 1 aromatic rings. The predicted molar refractivity (Wildman–Crippen MR) is 89.8 cm³/mol. The smallest absolute Gasteiger partial charge is 0.277 e. The molecule has 4 fully saturated rings. The van der Waals surface area contributed by atoms with Gasteiger partial charge in [-0.25, -0.2) is 0 Å². The van der Waals surface area contributed by atoms with E-state index in [1.165, 1.54) is 50.3 Å². The molecule has 0 atom stereocenters. The molecule has 5 rings (SSSR count). The molecule has 6 nitrogen and oxygen atoms in total. The van der Waals surface area contributed by atoms with Gasteiger partial charge in [-0.3, -0.25) is 4.79 Å². The first kappa shape index (κ1) is 16.4. The van der Waals surface area contributed by atoms with Crippen LogP contribution in [0.15, 0.2) is 9.64 Å². The number of nitrogens with zero attached hydrogens (tertiary/aromatic N) is 2. The van der Waals surface area contributed by atoms with Crippen molar-refractivity contribution in [1.82, 2.24) is 15.5 Å². The number of aromatic nitrogens is 2. The maximum Gasteiger partial charge on any atom is 0.277 e. The Balaban J connectivity index is 1.36. The fraction of sp³-hybridized carbons (Fsp3) is 0.824. The van der Waals surface area contributed by atoms with Gasteiger partial charge >= 0.3 is 0 Å². The first-order chi connectivity index (χ1) is 11.7. The van der Waals surface area contributed by atoms with E-state index in [1.807, 2.05) is 0 Å². The third-order valence-electron chi connectivity index (χ3n) is 5.85. The van der Waals surface area contributed by atoms with Gasteiger partial charge in [0.15, 0.2) is 0 Å². The quantitative estimate of drug-likeness (QED) is 0.600. The Hall–Kier alpha value is -1.08. The van der Waals surface area contributed by atoms with Crippen molar-refractivity contribution < 1.29 is 13.9 Å². The van der Waals surface area contributed by atoms with Crippen molar-refractivity contribution in [2.24, 2.45) is 17.8 Å². The van der Waals surface area contributed by atoms with E-state index in [4.69, 9.17) is 9.15 Å². The van der Waals surface area contributed by atoms with Crippen LogP contribution < -0.4 is 5.32 Å². The summed E-state index contributed by atoms with van der Waals surface area (Å²) in [7, 11) is 1.62. The molecule has 0 aliphatic heterocycles. The Bertz CT molecular complexity index is 568. The highest BCUT2D eigenvalue weighted by Gasteiger charge is 2.54. The third-order valence-corrected chi connectivity index (χ3v) is 6.67. The Kier molecular flexibility index (Phi) is 4.56. The number of ether oxygens (including phenoxy) is 1. The van der Waals surface area contributed by atoms with Gasteiger partial charge in [0, 0.05) is 19.1 Å². The van der Waals surface area contributed by atoms with Gasteiger partial charge in [-0.1, -0.05) is 11.8 Å². The van der Waals surface area contributed by atoms with E-state index >= 15 is 0 Å². The maximum absolute atomic E-state index is 11.7. The van der Waals surface area contributed by atoms with Crippen LogP contribution in [-0.4, -0.2) is 42.1 Å². The molecular formula is C17H25N3O3S. The van der Waals surface area contributed by atoms with Crippen molar-refractivity contribution in [3.8, 4) is 0 Å². The molecule has 4 saturated carbocycles. The van der Waals surface area contributed by atoms with Crippen molar-refractivity contribution in [2.75, 3.05) is 26.0 Å². The fourth-order valence-electron chi connectivity index (χ4n) is 5.33. The second kappa shape index (κ2) is 6.67. The zero-order chi connectivity index (χ0) is 16.6. The number of amides is 1. The minimum atomic E-state index is -0.0356. The number of methoxy groups -OCH3 is 1. The van der Waals surface area contributed by atoms with Crippen molar-refractivity contribution >= 4 is 17.7 Å². The molecule has 4 bridgehead atoms. The number of hydrogen-bond donors (Lipinski definition) is 1. The predicted octanol–water partition coefficient (Wildman–Crippen LogP) is 2.39. The highest BCUT2D eigenvalue weighted by atomic mass is 32.2. The lowest BCUT2D eigenvalue weighted by molar-refractivity contribution is -0.118. The summed E-state index contributed by atoms with van der Waals surface area (Å²) in [5, 5.41) is 11.9. The summed E-state index contributed by atoms with van der Waals surface area (Å²) in [5.41, 5.74) is 0.126. The molecule has 0 spiro atoms. The Morgan fingerprint density at radius 1 is 1.25 bits per heavy atom. The topological polar surface area (TPSA) is 77.2 Å². The van der Waals surface area contributed by atoms with Crippen LogP contribution in [-0.2, 0) is 14.9 Å². The number of rotatable bonds is 7. The second-order valence-corrected chi connectivity index (χ2v) is 8.63. The van der Waals surface area contributed by atoms with Gasteiger partial charge in [0.25, 0.3) is 5.22 Å². The summed E-state index contributed by atoms with van der Waals surface area (Å²) in [6.07, 6.45) is 7.83. The molecule has 132 valence electrons. The number of thioether (sulfide) groups is 1. The summed E-state index contributed by atoms with van der Waals surface area (Å²) in [5.74, 6) is 3.64. The van der Waals surface area contributed by atoms with Gasteiger partial charge in [-0.05, 0) is 56.3 Å². The molecule has 24 heavy (non-hydrogen) atoms. The van der Waals surface area contributed by atoms with Crippen LogP contribution in [0.5, 0.6) is 0 Å². The molecule has 1 aromatic heterocycles. The van der Waals surface area contributed by atoms with Gasteiger partial charge in [0.05, 0.1) is 12.4 Å². The molecule has 0 radical (unpaired) electrons. The summed E-state index contributed by atoms with van der Waals surface area (Å²) in [6.45, 7) is 1.05. The van der Waals surface area contributed by atoms with Gasteiger partial charge in [0.1, 0.15) is 0 Å². The van der Waals surface area contributed by atoms with E-state index in [0.717, 1.165) is 23.6 Å². The fourth-order valence-corrected chi connectivity index (χ4v) is 5.92. The zero-order valence-electron chi connectivity index (χ0n) is 14.1. The summed E-state index contributed by atoms with van der Waals surface area (Å²) < 4.78 is 10.9. The molecule has 1 amide bonds. The maximum atomic E-state index is 11.7. The lowest BCUT2D eigenvalue weighted by atomic mass is 9.49. The van der Waals surface area contributed by atoms with E-state index in [-0.39, 0.29) is 11.3 Å². The highest BCUT2D eigenvalue weighted by Crippen LogP contribution is 2.60. The van der Waals surface area contributed by atoms with E-state index in [0.29, 0.717) is 24.1 Å². The minimum Gasteiger partial charge on any atom is -0.415 e. The Morgan fingerprint density at radius 2 is 1.92 bits per heavy atom.